The normalized spacial score (nSPS) is 15.1. The Morgan fingerprint density at radius 2 is 1.80 bits per heavy atom. The van der Waals surface area contributed by atoms with Crippen molar-refractivity contribution in [3.8, 4) is 0 Å². The summed E-state index contributed by atoms with van der Waals surface area (Å²) in [5, 5.41) is 17.3. The Bertz CT molecular complexity index is 356. The van der Waals surface area contributed by atoms with Crippen LogP contribution in [0.25, 0.3) is 0 Å². The maximum absolute atomic E-state index is 8.83. The van der Waals surface area contributed by atoms with Crippen molar-refractivity contribution in [3.63, 3.8) is 0 Å². The highest BCUT2D eigenvalue weighted by atomic mass is 35.5. The minimum Gasteiger partial charge on any atom is -0.423 e. The van der Waals surface area contributed by atoms with Gasteiger partial charge >= 0.3 is 7.12 Å². The van der Waals surface area contributed by atoms with Crippen LogP contribution in [0.1, 0.15) is 5.48 Å². The van der Waals surface area contributed by atoms with Gasteiger partial charge in [0.15, 0.2) is 0 Å². The first-order valence-corrected chi connectivity index (χ1v) is 2.87. The van der Waals surface area contributed by atoms with Gasteiger partial charge in [-0.15, -0.1) is 0 Å². The Kier molecular flexibility index (Phi) is 1.15. The molecule has 1 rings (SSSR count). The van der Waals surface area contributed by atoms with Crippen LogP contribution in [-0.2, 0) is 0 Å². The van der Waals surface area contributed by atoms with E-state index in [9.17, 15) is 0 Å². The van der Waals surface area contributed by atoms with E-state index in [2.05, 4.69) is 0 Å². The zero-order chi connectivity index (χ0) is 11.0. The van der Waals surface area contributed by atoms with Crippen molar-refractivity contribution >= 4 is 24.2 Å². The van der Waals surface area contributed by atoms with E-state index in [0.717, 1.165) is 0 Å². The Labute approximate surface area is 69.8 Å². The van der Waals surface area contributed by atoms with E-state index in [1.807, 2.05) is 0 Å². The molecule has 2 N–H and O–H groups in total. The van der Waals surface area contributed by atoms with Crippen LogP contribution in [0.3, 0.4) is 0 Å². The number of benzene rings is 1. The summed E-state index contributed by atoms with van der Waals surface area (Å²) in [4.78, 5) is 0. The molecule has 0 spiro atoms. The third-order valence-electron chi connectivity index (χ3n) is 0.872. The molecule has 0 heterocycles. The van der Waals surface area contributed by atoms with Crippen molar-refractivity contribution in [2.75, 3.05) is 0 Å². The Morgan fingerprint density at radius 1 is 1.30 bits per heavy atom. The predicted molar refractivity (Wildman–Crippen MR) is 41.3 cm³/mol. The van der Waals surface area contributed by atoms with Crippen LogP contribution in [0.2, 0.25) is 5.02 Å². The van der Waals surface area contributed by atoms with E-state index in [4.69, 9.17) is 27.1 Å². The molecule has 0 aromatic heterocycles. The van der Waals surface area contributed by atoms with Gasteiger partial charge in [0, 0.05) is 5.02 Å². The number of halogens is 1. The van der Waals surface area contributed by atoms with Gasteiger partial charge in [-0.3, -0.25) is 0 Å². The second kappa shape index (κ2) is 3.06. The fourth-order valence-corrected chi connectivity index (χ4v) is 0.531. The standard InChI is InChI=1S/C6H6BClO2/c8-6-3-1-5(2-4-6)7(9)10/h1-4,9-10H/i1D,2D,3D,4D. The van der Waals surface area contributed by atoms with E-state index < -0.39 is 36.8 Å². The number of hydrogen-bond donors (Lipinski definition) is 2. The highest BCUT2D eigenvalue weighted by Crippen LogP contribution is 2.03. The van der Waals surface area contributed by atoms with E-state index >= 15 is 0 Å². The molecule has 4 heteroatoms. The summed E-state index contributed by atoms with van der Waals surface area (Å²) < 4.78 is 29.2. The minimum atomic E-state index is -2.04. The lowest BCUT2D eigenvalue weighted by Crippen LogP contribution is -2.29. The largest absolute Gasteiger partial charge is 0.488 e. The summed E-state index contributed by atoms with van der Waals surface area (Å²) in [7, 11) is -2.04. The molecule has 0 unspecified atom stereocenters. The molecule has 0 saturated heterocycles. The average Bonchev–Trinajstić information content (AvgIpc) is 2.11. The fraction of sp³-hybridized carbons (Fsp3) is 0. The molecule has 0 fully saturated rings. The smallest absolute Gasteiger partial charge is 0.423 e. The topological polar surface area (TPSA) is 40.5 Å². The molecular formula is C6H6BClO2. The highest BCUT2D eigenvalue weighted by Gasteiger charge is 2.08. The van der Waals surface area contributed by atoms with Crippen LogP contribution < -0.4 is 5.46 Å². The van der Waals surface area contributed by atoms with Crippen LogP contribution in [0.15, 0.2) is 24.2 Å². The first kappa shape index (κ1) is 3.76. The van der Waals surface area contributed by atoms with Crippen LogP contribution >= 0.6 is 11.6 Å². The van der Waals surface area contributed by atoms with Crippen molar-refractivity contribution in [2.45, 2.75) is 0 Å². The molecule has 0 atom stereocenters. The molecular weight excluding hydrogens is 150 g/mol. The molecule has 0 aliphatic rings. The maximum atomic E-state index is 8.83. The molecule has 1 aromatic carbocycles. The molecule has 0 amide bonds. The zero-order valence-electron chi connectivity index (χ0n) is 8.85. The monoisotopic (exact) mass is 160 g/mol. The van der Waals surface area contributed by atoms with E-state index in [-0.39, 0.29) is 5.02 Å². The van der Waals surface area contributed by atoms with Crippen molar-refractivity contribution in [2.24, 2.45) is 0 Å². The first-order chi connectivity index (χ1) is 6.37. The van der Waals surface area contributed by atoms with Gasteiger partial charge in [0.25, 0.3) is 0 Å². The fourth-order valence-electron chi connectivity index (χ4n) is 0.436. The van der Waals surface area contributed by atoms with Crippen molar-refractivity contribution < 1.29 is 15.5 Å². The second-order valence-corrected chi connectivity index (χ2v) is 1.98. The van der Waals surface area contributed by atoms with Gasteiger partial charge in [-0.25, -0.2) is 0 Å². The molecule has 0 aliphatic carbocycles. The summed E-state index contributed by atoms with van der Waals surface area (Å²) in [6.45, 7) is 0. The summed E-state index contributed by atoms with van der Waals surface area (Å²) >= 11 is 5.49. The van der Waals surface area contributed by atoms with Gasteiger partial charge in [-0.1, -0.05) is 23.7 Å². The molecule has 0 bridgehead atoms. The van der Waals surface area contributed by atoms with Crippen molar-refractivity contribution in [3.05, 3.63) is 29.2 Å². The molecule has 0 saturated carbocycles. The Balaban J connectivity index is 3.60. The van der Waals surface area contributed by atoms with E-state index in [0.29, 0.717) is 0 Å². The molecule has 52 valence electrons. The number of rotatable bonds is 1. The molecule has 0 radical (unpaired) electrons. The second-order valence-electron chi connectivity index (χ2n) is 1.60. The van der Waals surface area contributed by atoms with Gasteiger partial charge in [-0.05, 0) is 17.5 Å². The maximum Gasteiger partial charge on any atom is 0.488 e. The average molecular weight is 160 g/mol. The summed E-state index contributed by atoms with van der Waals surface area (Å²) in [6, 6.07) is -2.02. The van der Waals surface area contributed by atoms with E-state index in [1.165, 1.54) is 0 Å². The SMILES string of the molecule is [2H]c1c([2H])c(B(O)O)c([2H])c([2H])c1Cl. The van der Waals surface area contributed by atoms with Gasteiger partial charge in [0.1, 0.15) is 0 Å². The molecule has 1 aromatic rings. The van der Waals surface area contributed by atoms with Crippen LogP contribution in [-0.4, -0.2) is 17.2 Å². The highest BCUT2D eigenvalue weighted by molar-refractivity contribution is 6.58. The summed E-state index contributed by atoms with van der Waals surface area (Å²) in [6.07, 6.45) is 0. The van der Waals surface area contributed by atoms with Crippen LogP contribution in [0.4, 0.5) is 0 Å². The van der Waals surface area contributed by atoms with Gasteiger partial charge in [-0.2, -0.15) is 0 Å². The van der Waals surface area contributed by atoms with Gasteiger partial charge in [0.05, 0.1) is 5.48 Å². The number of hydrogen-bond acceptors (Lipinski definition) is 2. The van der Waals surface area contributed by atoms with Crippen LogP contribution in [0, 0.1) is 0 Å². The summed E-state index contributed by atoms with van der Waals surface area (Å²) in [5.74, 6) is 0. The lowest BCUT2D eigenvalue weighted by Gasteiger charge is -1.96. The molecule has 2 nitrogen and oxygen atoms in total. The van der Waals surface area contributed by atoms with Crippen molar-refractivity contribution in [1.82, 2.24) is 0 Å². The van der Waals surface area contributed by atoms with Gasteiger partial charge in [0.2, 0.25) is 0 Å². The first-order valence-electron chi connectivity index (χ1n) is 4.49. The van der Waals surface area contributed by atoms with E-state index in [1.54, 1.807) is 0 Å². The third kappa shape index (κ3) is 1.74. The quantitative estimate of drug-likeness (QED) is 0.569. The van der Waals surface area contributed by atoms with Gasteiger partial charge < -0.3 is 10.0 Å². The van der Waals surface area contributed by atoms with Crippen molar-refractivity contribution in [1.29, 1.82) is 0 Å². The molecule has 0 aliphatic heterocycles. The Morgan fingerprint density at radius 3 is 2.20 bits per heavy atom. The lowest BCUT2D eigenvalue weighted by molar-refractivity contribution is 0.426. The lowest BCUT2D eigenvalue weighted by atomic mass is 9.81. The minimum absolute atomic E-state index is 0.329. The predicted octanol–water partition coefficient (Wildman–Crippen LogP) is 0.0198. The Hall–Kier alpha value is -0.505. The molecule has 10 heavy (non-hydrogen) atoms. The zero-order valence-corrected chi connectivity index (χ0v) is 5.61. The summed E-state index contributed by atoms with van der Waals surface area (Å²) in [5.41, 5.74) is -0.468. The third-order valence-corrected chi connectivity index (χ3v) is 1.06. The van der Waals surface area contributed by atoms with Crippen LogP contribution in [0.5, 0.6) is 0 Å².